The molecule has 1 fully saturated rings. The van der Waals surface area contributed by atoms with Crippen LogP contribution in [-0.4, -0.2) is 44.4 Å². The summed E-state index contributed by atoms with van der Waals surface area (Å²) in [5, 5.41) is 0. The van der Waals surface area contributed by atoms with E-state index >= 15 is 0 Å². The molecule has 1 aliphatic rings. The average molecular weight is 373 g/mol. The molecule has 0 amide bonds. The fraction of sp³-hybridized carbons (Fsp3) is 1.00. The van der Waals surface area contributed by atoms with Crippen LogP contribution in [0, 0.1) is 5.92 Å². The van der Waals surface area contributed by atoms with E-state index in [9.17, 15) is 0 Å². The predicted octanol–water partition coefficient (Wildman–Crippen LogP) is 5.73. The first-order valence-electron chi connectivity index (χ1n) is 11.2. The molecule has 0 aromatic carbocycles. The van der Waals surface area contributed by atoms with E-state index in [1.807, 2.05) is 0 Å². The molecule has 1 aliphatic heterocycles. The van der Waals surface area contributed by atoms with Crippen molar-refractivity contribution in [2.45, 2.75) is 110 Å². The maximum atomic E-state index is 6.40. The Balaban J connectivity index is 2.82. The third-order valence-electron chi connectivity index (χ3n) is 5.37. The van der Waals surface area contributed by atoms with Crippen molar-refractivity contribution in [3.63, 3.8) is 0 Å². The van der Waals surface area contributed by atoms with Crippen molar-refractivity contribution in [2.24, 2.45) is 5.92 Å². The Morgan fingerprint density at radius 3 is 2.04 bits per heavy atom. The van der Waals surface area contributed by atoms with Crippen molar-refractivity contribution in [3.8, 4) is 0 Å². The van der Waals surface area contributed by atoms with Gasteiger partial charge in [-0.3, -0.25) is 0 Å². The molecule has 0 aliphatic carbocycles. The van der Waals surface area contributed by atoms with Gasteiger partial charge in [0.1, 0.15) is 6.10 Å². The van der Waals surface area contributed by atoms with Crippen molar-refractivity contribution < 1.29 is 18.9 Å². The average Bonchev–Trinajstić information content (AvgIpc) is 3.46. The third-order valence-corrected chi connectivity index (χ3v) is 5.37. The number of hydrogen-bond donors (Lipinski definition) is 0. The number of epoxide rings is 1. The number of unbranched alkanes of at least 4 members (excludes halogenated alkanes) is 4. The molecular weight excluding hydrogens is 328 g/mol. The molecule has 3 unspecified atom stereocenters. The normalized spacial score (nSPS) is 19.5. The molecule has 4 heteroatoms. The van der Waals surface area contributed by atoms with E-state index in [-0.39, 0.29) is 12.0 Å². The second-order valence-electron chi connectivity index (χ2n) is 7.46. The molecular formula is C22H44O4. The van der Waals surface area contributed by atoms with E-state index in [4.69, 9.17) is 18.9 Å². The molecule has 4 nitrogen and oxygen atoms in total. The van der Waals surface area contributed by atoms with Gasteiger partial charge in [-0.05, 0) is 33.1 Å². The van der Waals surface area contributed by atoms with Crippen LogP contribution < -0.4 is 0 Å². The van der Waals surface area contributed by atoms with Crippen LogP contribution in [0.1, 0.15) is 92.4 Å². The van der Waals surface area contributed by atoms with Gasteiger partial charge in [0.05, 0.1) is 19.3 Å². The van der Waals surface area contributed by atoms with Crippen LogP contribution in [0.2, 0.25) is 0 Å². The Morgan fingerprint density at radius 1 is 0.885 bits per heavy atom. The minimum Gasteiger partial charge on any atom is -0.375 e. The first-order valence-corrected chi connectivity index (χ1v) is 11.2. The Hall–Kier alpha value is -0.160. The predicted molar refractivity (Wildman–Crippen MR) is 108 cm³/mol. The van der Waals surface area contributed by atoms with E-state index in [0.717, 1.165) is 32.3 Å². The largest absolute Gasteiger partial charge is 0.375 e. The summed E-state index contributed by atoms with van der Waals surface area (Å²) in [6.07, 6.45) is 11.0. The zero-order valence-corrected chi connectivity index (χ0v) is 18.1. The van der Waals surface area contributed by atoms with Gasteiger partial charge in [-0.1, -0.05) is 59.3 Å². The highest BCUT2D eigenvalue weighted by molar-refractivity contribution is 4.86. The highest BCUT2D eigenvalue weighted by atomic mass is 16.7. The molecule has 156 valence electrons. The summed E-state index contributed by atoms with van der Waals surface area (Å²) in [5.41, 5.74) is 0. The molecule has 0 N–H and O–H groups in total. The van der Waals surface area contributed by atoms with Gasteiger partial charge in [0.15, 0.2) is 5.79 Å². The minimum atomic E-state index is -0.530. The van der Waals surface area contributed by atoms with Crippen molar-refractivity contribution in [3.05, 3.63) is 0 Å². The van der Waals surface area contributed by atoms with Crippen LogP contribution in [0.25, 0.3) is 0 Å². The summed E-state index contributed by atoms with van der Waals surface area (Å²) in [4.78, 5) is 0. The number of ether oxygens (including phenoxy) is 4. The molecule has 0 aromatic heterocycles. The quantitative estimate of drug-likeness (QED) is 0.175. The fourth-order valence-electron chi connectivity index (χ4n) is 3.96. The summed E-state index contributed by atoms with van der Waals surface area (Å²) in [7, 11) is 0. The van der Waals surface area contributed by atoms with Crippen LogP contribution in [0.15, 0.2) is 0 Å². The molecule has 0 aromatic rings. The van der Waals surface area contributed by atoms with Gasteiger partial charge < -0.3 is 18.9 Å². The maximum Gasteiger partial charge on any atom is 0.173 e. The Kier molecular flexibility index (Phi) is 12.8. The molecule has 0 spiro atoms. The lowest BCUT2D eigenvalue weighted by Gasteiger charge is -2.43. The van der Waals surface area contributed by atoms with Crippen LogP contribution >= 0.6 is 0 Å². The summed E-state index contributed by atoms with van der Waals surface area (Å²) in [5.74, 6) is -0.264. The third kappa shape index (κ3) is 8.24. The second kappa shape index (κ2) is 13.9. The summed E-state index contributed by atoms with van der Waals surface area (Å²) in [6, 6.07) is 0. The first-order chi connectivity index (χ1) is 12.7. The van der Waals surface area contributed by atoms with E-state index < -0.39 is 5.79 Å². The Bertz CT molecular complexity index is 324. The summed E-state index contributed by atoms with van der Waals surface area (Å²) in [6.45, 7) is 13.7. The maximum absolute atomic E-state index is 6.40. The zero-order chi connectivity index (χ0) is 19.3. The topological polar surface area (TPSA) is 40.2 Å². The zero-order valence-electron chi connectivity index (χ0n) is 18.1. The molecule has 1 saturated heterocycles. The van der Waals surface area contributed by atoms with Crippen molar-refractivity contribution in [2.75, 3.05) is 26.4 Å². The molecule has 26 heavy (non-hydrogen) atoms. The van der Waals surface area contributed by atoms with Gasteiger partial charge in [-0.2, -0.15) is 0 Å². The lowest BCUT2D eigenvalue weighted by molar-refractivity contribution is -0.284. The van der Waals surface area contributed by atoms with Crippen LogP contribution in [0.3, 0.4) is 0 Å². The highest BCUT2D eigenvalue weighted by Gasteiger charge is 2.43. The first kappa shape index (κ1) is 23.9. The van der Waals surface area contributed by atoms with E-state index in [1.54, 1.807) is 0 Å². The smallest absolute Gasteiger partial charge is 0.173 e. The highest BCUT2D eigenvalue weighted by Crippen LogP contribution is 2.37. The second-order valence-corrected chi connectivity index (χ2v) is 7.46. The van der Waals surface area contributed by atoms with Gasteiger partial charge in [-0.15, -0.1) is 0 Å². The number of hydrogen-bond acceptors (Lipinski definition) is 4. The Morgan fingerprint density at radius 2 is 1.54 bits per heavy atom. The molecule has 0 radical (unpaired) electrons. The van der Waals surface area contributed by atoms with Crippen molar-refractivity contribution in [1.82, 2.24) is 0 Å². The van der Waals surface area contributed by atoms with Crippen LogP contribution in [0.5, 0.6) is 0 Å². The van der Waals surface area contributed by atoms with Gasteiger partial charge in [0.25, 0.3) is 0 Å². The molecule has 1 rings (SSSR count). The van der Waals surface area contributed by atoms with Crippen LogP contribution in [0.4, 0.5) is 0 Å². The standard InChI is InChI=1S/C22H44O4/c1-6-11-12-13-14-16-21(24-18-19-17-23-19)20(15-7-2)22(8-3,25-9-4)26-10-5/h19-21H,6-18H2,1-5H3. The summed E-state index contributed by atoms with van der Waals surface area (Å²) < 4.78 is 24.3. The van der Waals surface area contributed by atoms with Crippen LogP contribution in [-0.2, 0) is 18.9 Å². The van der Waals surface area contributed by atoms with E-state index in [2.05, 4.69) is 34.6 Å². The van der Waals surface area contributed by atoms with Gasteiger partial charge in [0, 0.05) is 19.1 Å². The van der Waals surface area contributed by atoms with Gasteiger partial charge in [0.2, 0.25) is 0 Å². The monoisotopic (exact) mass is 372 g/mol. The molecule has 0 saturated carbocycles. The van der Waals surface area contributed by atoms with E-state index in [1.165, 1.54) is 32.1 Å². The van der Waals surface area contributed by atoms with Crippen molar-refractivity contribution in [1.29, 1.82) is 0 Å². The molecule has 0 bridgehead atoms. The fourth-order valence-corrected chi connectivity index (χ4v) is 3.96. The SMILES string of the molecule is CCCCCCCC(OCC1CO1)C(CCC)C(CC)(OCC)OCC. The molecule has 3 atom stereocenters. The minimum absolute atomic E-state index is 0.179. The van der Waals surface area contributed by atoms with E-state index in [0.29, 0.717) is 25.9 Å². The molecule has 1 heterocycles. The van der Waals surface area contributed by atoms with Crippen molar-refractivity contribution >= 4 is 0 Å². The Labute approximate surface area is 162 Å². The summed E-state index contributed by atoms with van der Waals surface area (Å²) >= 11 is 0. The van der Waals surface area contributed by atoms with Gasteiger partial charge in [-0.25, -0.2) is 0 Å². The lowest BCUT2D eigenvalue weighted by atomic mass is 9.83. The lowest BCUT2D eigenvalue weighted by Crippen LogP contribution is -2.49. The van der Waals surface area contributed by atoms with Gasteiger partial charge >= 0.3 is 0 Å². The number of rotatable bonds is 18.